The lowest BCUT2D eigenvalue weighted by molar-refractivity contribution is 0.346. The normalized spacial score (nSPS) is 13.1. The molecular weight excluding hydrogens is 325 g/mol. The van der Waals surface area contributed by atoms with Gasteiger partial charge in [0.2, 0.25) is 0 Å². The Hall–Kier alpha value is -1.65. The first-order valence-corrected chi connectivity index (χ1v) is 9.51. The molecule has 3 N–H and O–H groups in total. The van der Waals surface area contributed by atoms with Crippen molar-refractivity contribution in [1.82, 2.24) is 5.32 Å². The summed E-state index contributed by atoms with van der Waals surface area (Å²) in [4.78, 5) is 19.5. The zero-order chi connectivity index (χ0) is 17.7. The molecule has 0 aliphatic rings. The highest BCUT2D eigenvalue weighted by Gasteiger charge is 2.30. The zero-order valence-corrected chi connectivity index (χ0v) is 15.0. The zero-order valence-electron chi connectivity index (χ0n) is 14.1. The Balaban J connectivity index is 2.22. The number of benzene rings is 2. The molecule has 2 aromatic carbocycles. The van der Waals surface area contributed by atoms with Crippen molar-refractivity contribution in [2.75, 3.05) is 7.11 Å². The van der Waals surface area contributed by atoms with Gasteiger partial charge in [0.25, 0.3) is 0 Å². The van der Waals surface area contributed by atoms with Gasteiger partial charge in [0, 0.05) is 12.1 Å². The molecule has 130 valence electrons. The lowest BCUT2D eigenvalue weighted by atomic mass is 10.0. The van der Waals surface area contributed by atoms with E-state index in [9.17, 15) is 14.4 Å². The molecule has 1 atom stereocenters. The quantitative estimate of drug-likeness (QED) is 0.663. The van der Waals surface area contributed by atoms with Crippen molar-refractivity contribution >= 4 is 7.60 Å². The maximum absolute atomic E-state index is 11.9. The third kappa shape index (κ3) is 4.68. The molecule has 0 heterocycles. The van der Waals surface area contributed by atoms with Gasteiger partial charge in [-0.05, 0) is 23.1 Å². The smallest absolute Gasteiger partial charge is 0.346 e. The number of hydrogen-bond donors (Lipinski definition) is 3. The van der Waals surface area contributed by atoms with Crippen molar-refractivity contribution in [2.45, 2.75) is 32.1 Å². The van der Waals surface area contributed by atoms with E-state index in [1.807, 2.05) is 36.4 Å². The summed E-state index contributed by atoms with van der Waals surface area (Å²) in [6.07, 6.45) is 0. The Morgan fingerprint density at radius 3 is 2.17 bits per heavy atom. The molecule has 0 saturated heterocycles. The van der Waals surface area contributed by atoms with E-state index >= 15 is 0 Å². The average Bonchev–Trinajstić information content (AvgIpc) is 2.54. The molecule has 24 heavy (non-hydrogen) atoms. The molecule has 0 aromatic heterocycles. The largest absolute Gasteiger partial charge is 0.496 e. The molecular formula is C18H24NO4P. The highest BCUT2D eigenvalue weighted by molar-refractivity contribution is 7.52. The van der Waals surface area contributed by atoms with Gasteiger partial charge in [-0.25, -0.2) is 0 Å². The monoisotopic (exact) mass is 349 g/mol. The third-order valence-corrected chi connectivity index (χ3v) is 5.09. The Labute approximate surface area is 142 Å². The number of methoxy groups -OCH3 is 1. The van der Waals surface area contributed by atoms with E-state index in [-0.39, 0.29) is 0 Å². The fourth-order valence-corrected chi connectivity index (χ4v) is 3.44. The van der Waals surface area contributed by atoms with Gasteiger partial charge >= 0.3 is 7.60 Å². The lowest BCUT2D eigenvalue weighted by Gasteiger charge is -2.21. The SMILES string of the molecule is COc1ccccc1CNC(c1ccc(C(C)C)cc1)P(=O)(O)O. The summed E-state index contributed by atoms with van der Waals surface area (Å²) in [5, 5.41) is 2.97. The van der Waals surface area contributed by atoms with Crippen LogP contribution in [0.1, 0.15) is 42.2 Å². The first kappa shape index (κ1) is 18.7. The van der Waals surface area contributed by atoms with E-state index in [0.717, 1.165) is 11.1 Å². The fourth-order valence-electron chi connectivity index (χ4n) is 2.55. The lowest BCUT2D eigenvalue weighted by Crippen LogP contribution is -2.21. The van der Waals surface area contributed by atoms with Crippen LogP contribution in [0.5, 0.6) is 5.75 Å². The summed E-state index contributed by atoms with van der Waals surface area (Å²) >= 11 is 0. The fraction of sp³-hybridized carbons (Fsp3) is 0.333. The van der Waals surface area contributed by atoms with Gasteiger partial charge in [0.1, 0.15) is 11.5 Å². The van der Waals surface area contributed by atoms with E-state index in [1.54, 1.807) is 19.2 Å². The van der Waals surface area contributed by atoms with Crippen LogP contribution >= 0.6 is 7.60 Å². The molecule has 2 rings (SSSR count). The number of ether oxygens (including phenoxy) is 1. The Kier molecular flexibility index (Phi) is 6.19. The van der Waals surface area contributed by atoms with Crippen LogP contribution < -0.4 is 10.1 Å². The van der Waals surface area contributed by atoms with E-state index in [1.165, 1.54) is 0 Å². The topological polar surface area (TPSA) is 78.8 Å². The minimum absolute atomic E-state index is 0.297. The maximum Gasteiger partial charge on any atom is 0.346 e. The molecule has 1 unspecified atom stereocenters. The number of hydrogen-bond acceptors (Lipinski definition) is 3. The molecule has 0 radical (unpaired) electrons. The molecule has 0 amide bonds. The van der Waals surface area contributed by atoms with Gasteiger partial charge in [-0.3, -0.25) is 9.88 Å². The average molecular weight is 349 g/mol. The second kappa shape index (κ2) is 7.95. The van der Waals surface area contributed by atoms with Crippen molar-refractivity contribution in [3.05, 3.63) is 65.2 Å². The summed E-state index contributed by atoms with van der Waals surface area (Å²) in [6, 6.07) is 14.8. The minimum atomic E-state index is -4.35. The van der Waals surface area contributed by atoms with Crippen molar-refractivity contribution in [1.29, 1.82) is 0 Å². The van der Waals surface area contributed by atoms with Crippen molar-refractivity contribution in [3.63, 3.8) is 0 Å². The van der Waals surface area contributed by atoms with Crippen LogP contribution in [0, 0.1) is 0 Å². The molecule has 0 spiro atoms. The van der Waals surface area contributed by atoms with Crippen molar-refractivity contribution < 1.29 is 19.1 Å². The van der Waals surface area contributed by atoms with Crippen LogP contribution in [0.25, 0.3) is 0 Å². The summed E-state index contributed by atoms with van der Waals surface area (Å²) in [6.45, 7) is 4.45. The molecule has 0 bridgehead atoms. The Morgan fingerprint density at radius 2 is 1.62 bits per heavy atom. The summed E-state index contributed by atoms with van der Waals surface area (Å²) < 4.78 is 17.2. The highest BCUT2D eigenvalue weighted by atomic mass is 31.2. The highest BCUT2D eigenvalue weighted by Crippen LogP contribution is 2.50. The van der Waals surface area contributed by atoms with Crippen LogP contribution in [-0.4, -0.2) is 16.9 Å². The van der Waals surface area contributed by atoms with Gasteiger partial charge in [-0.2, -0.15) is 0 Å². The number of para-hydroxylation sites is 1. The maximum atomic E-state index is 11.9. The summed E-state index contributed by atoms with van der Waals surface area (Å²) in [7, 11) is -2.78. The van der Waals surface area contributed by atoms with Gasteiger partial charge in [0.15, 0.2) is 0 Å². The number of rotatable bonds is 7. The summed E-state index contributed by atoms with van der Waals surface area (Å²) in [5.74, 6) is 0.00217. The standard InChI is InChI=1S/C18H24NO4P/c1-13(2)14-8-10-15(11-9-14)18(24(20,21)22)19-12-16-6-4-5-7-17(16)23-3/h4-11,13,18-19H,12H2,1-3H3,(H2,20,21,22). The van der Waals surface area contributed by atoms with Crippen molar-refractivity contribution in [3.8, 4) is 5.75 Å². The molecule has 0 aliphatic carbocycles. The Morgan fingerprint density at radius 1 is 1.04 bits per heavy atom. The minimum Gasteiger partial charge on any atom is -0.496 e. The molecule has 0 fully saturated rings. The van der Waals surface area contributed by atoms with Gasteiger partial charge < -0.3 is 14.5 Å². The predicted molar refractivity (Wildman–Crippen MR) is 95.1 cm³/mol. The number of nitrogens with one attached hydrogen (secondary N) is 1. The van der Waals surface area contributed by atoms with E-state index in [2.05, 4.69) is 19.2 Å². The molecule has 6 heteroatoms. The second-order valence-electron chi connectivity index (χ2n) is 6.01. The van der Waals surface area contributed by atoms with Crippen LogP contribution in [0.3, 0.4) is 0 Å². The summed E-state index contributed by atoms with van der Waals surface area (Å²) in [5.41, 5.74) is 2.55. The molecule has 0 saturated carbocycles. The predicted octanol–water partition coefficient (Wildman–Crippen LogP) is 3.78. The van der Waals surface area contributed by atoms with Gasteiger partial charge in [0.05, 0.1) is 7.11 Å². The van der Waals surface area contributed by atoms with Crippen LogP contribution in [0.4, 0.5) is 0 Å². The third-order valence-electron chi connectivity index (χ3n) is 3.93. The van der Waals surface area contributed by atoms with Gasteiger partial charge in [-0.1, -0.05) is 56.3 Å². The van der Waals surface area contributed by atoms with E-state index in [0.29, 0.717) is 23.8 Å². The van der Waals surface area contributed by atoms with Gasteiger partial charge in [-0.15, -0.1) is 0 Å². The first-order chi connectivity index (χ1) is 11.3. The van der Waals surface area contributed by atoms with Crippen molar-refractivity contribution in [2.24, 2.45) is 0 Å². The van der Waals surface area contributed by atoms with Crippen LogP contribution in [0.15, 0.2) is 48.5 Å². The van der Waals surface area contributed by atoms with Crippen LogP contribution in [-0.2, 0) is 11.1 Å². The molecule has 0 aliphatic heterocycles. The first-order valence-electron chi connectivity index (χ1n) is 7.83. The van der Waals surface area contributed by atoms with E-state index in [4.69, 9.17) is 4.74 Å². The molecule has 5 nitrogen and oxygen atoms in total. The van der Waals surface area contributed by atoms with Crippen LogP contribution in [0.2, 0.25) is 0 Å². The second-order valence-corrected chi connectivity index (χ2v) is 7.70. The van der Waals surface area contributed by atoms with E-state index < -0.39 is 13.4 Å². The molecule has 2 aromatic rings. The Bertz CT molecular complexity index is 709.